The van der Waals surface area contributed by atoms with Gasteiger partial charge in [0.25, 0.3) is 13.9 Å². The SMILES string of the molecule is COc1ccc(F)cc1[C@H](Cn1c(=O)n([C@H]2CCN(C)C2=O)c(=O)c2c(C)c(-n3nccn3)sc21)OCCCC(C)(C)[Si](O)(c1ccccc1)c1ccccc1. The first-order chi connectivity index (χ1) is 26.9. The number of amides is 1. The second kappa shape index (κ2) is 15.7. The van der Waals surface area contributed by atoms with Crippen LogP contribution in [0.15, 0.2) is 101 Å². The fraction of sp³-hybridized carbons (Fsp3) is 0.341. The Labute approximate surface area is 328 Å². The first kappa shape index (κ1) is 39.0. The number of methoxy groups -OCH3 is 1. The number of carbonyl (C=O) groups excluding carboxylic acids is 1. The van der Waals surface area contributed by atoms with Crippen molar-refractivity contribution in [2.75, 3.05) is 27.3 Å². The van der Waals surface area contributed by atoms with Crippen molar-refractivity contribution < 1.29 is 23.5 Å². The third-order valence-corrected chi connectivity index (χ3v) is 16.9. The lowest BCUT2D eigenvalue weighted by molar-refractivity contribution is -0.129. The third kappa shape index (κ3) is 6.93. The quantitative estimate of drug-likeness (QED) is 0.124. The molecule has 1 aliphatic heterocycles. The summed E-state index contributed by atoms with van der Waals surface area (Å²) in [5, 5.41) is 10.6. The summed E-state index contributed by atoms with van der Waals surface area (Å²) >= 11 is 1.18. The van der Waals surface area contributed by atoms with E-state index in [2.05, 4.69) is 24.0 Å². The van der Waals surface area contributed by atoms with Crippen LogP contribution in [-0.4, -0.2) is 75.4 Å². The predicted molar refractivity (Wildman–Crippen MR) is 216 cm³/mol. The maximum atomic E-state index is 15.0. The molecule has 2 atom stereocenters. The number of likely N-dealkylation sites (tertiary alicyclic amines) is 1. The van der Waals surface area contributed by atoms with E-state index in [-0.39, 0.29) is 24.4 Å². The molecule has 12 nitrogen and oxygen atoms in total. The molecule has 0 radical (unpaired) electrons. The van der Waals surface area contributed by atoms with Crippen LogP contribution in [0.25, 0.3) is 15.2 Å². The Morgan fingerprint density at radius 2 is 1.64 bits per heavy atom. The molecular formula is C41H45FN6O6SSi. The number of halogens is 1. The number of fused-ring (bicyclic) bond motifs is 1. The maximum Gasteiger partial charge on any atom is 0.332 e. The number of aromatic nitrogens is 5. The van der Waals surface area contributed by atoms with Gasteiger partial charge in [0.1, 0.15) is 33.5 Å². The Balaban J connectivity index is 1.28. The van der Waals surface area contributed by atoms with Gasteiger partial charge < -0.3 is 19.2 Å². The normalized spacial score (nSPS) is 15.5. The second-order valence-corrected chi connectivity index (χ2v) is 19.7. The van der Waals surface area contributed by atoms with Crippen molar-refractivity contribution in [3.63, 3.8) is 0 Å². The highest BCUT2D eigenvalue weighted by molar-refractivity contribution is 7.21. The minimum absolute atomic E-state index is 0.131. The number of ether oxygens (including phenoxy) is 2. The Morgan fingerprint density at radius 3 is 2.23 bits per heavy atom. The molecule has 0 aliphatic carbocycles. The molecule has 56 heavy (non-hydrogen) atoms. The number of hydrogen-bond acceptors (Lipinski definition) is 9. The highest BCUT2D eigenvalue weighted by Crippen LogP contribution is 2.40. The molecule has 15 heteroatoms. The van der Waals surface area contributed by atoms with Crippen LogP contribution >= 0.6 is 11.3 Å². The molecule has 0 saturated carbocycles. The molecule has 3 aromatic carbocycles. The Hall–Kier alpha value is -5.22. The van der Waals surface area contributed by atoms with Gasteiger partial charge in [0.05, 0.1) is 31.4 Å². The van der Waals surface area contributed by atoms with E-state index in [0.717, 1.165) is 14.9 Å². The first-order valence-corrected chi connectivity index (χ1v) is 21.3. The summed E-state index contributed by atoms with van der Waals surface area (Å²) in [6, 6.07) is 22.7. The van der Waals surface area contributed by atoms with E-state index in [1.807, 2.05) is 60.7 Å². The summed E-state index contributed by atoms with van der Waals surface area (Å²) in [5.41, 5.74) is -0.310. The average molecular weight is 797 g/mol. The number of benzene rings is 3. The van der Waals surface area contributed by atoms with Crippen molar-refractivity contribution >= 4 is 46.2 Å². The van der Waals surface area contributed by atoms with Crippen LogP contribution in [0.1, 0.15) is 56.4 Å². The average Bonchev–Trinajstić information content (AvgIpc) is 3.94. The molecular weight excluding hydrogens is 752 g/mol. The first-order valence-electron chi connectivity index (χ1n) is 18.6. The van der Waals surface area contributed by atoms with Gasteiger partial charge in [-0.05, 0) is 59.8 Å². The number of carbonyl (C=O) groups is 1. The van der Waals surface area contributed by atoms with E-state index < -0.39 is 42.6 Å². The molecule has 7 rings (SSSR count). The molecule has 1 N–H and O–H groups in total. The van der Waals surface area contributed by atoms with Crippen LogP contribution in [-0.2, 0) is 16.1 Å². The van der Waals surface area contributed by atoms with Crippen LogP contribution < -0.4 is 26.4 Å². The maximum absolute atomic E-state index is 15.0. The summed E-state index contributed by atoms with van der Waals surface area (Å²) in [6.45, 7) is 6.39. The zero-order chi connectivity index (χ0) is 39.8. The predicted octanol–water partition coefficient (Wildman–Crippen LogP) is 4.74. The van der Waals surface area contributed by atoms with Crippen molar-refractivity contribution in [3.8, 4) is 10.8 Å². The zero-order valence-electron chi connectivity index (χ0n) is 32.0. The van der Waals surface area contributed by atoms with E-state index in [4.69, 9.17) is 9.47 Å². The minimum Gasteiger partial charge on any atom is -0.496 e. The fourth-order valence-corrected chi connectivity index (χ4v) is 12.9. The van der Waals surface area contributed by atoms with Crippen LogP contribution in [0.5, 0.6) is 5.75 Å². The number of thiophene rings is 1. The van der Waals surface area contributed by atoms with Gasteiger partial charge in [0.15, 0.2) is 0 Å². The molecule has 1 saturated heterocycles. The van der Waals surface area contributed by atoms with E-state index in [1.165, 1.54) is 63.3 Å². The molecule has 0 spiro atoms. The smallest absolute Gasteiger partial charge is 0.332 e. The number of rotatable bonds is 14. The lowest BCUT2D eigenvalue weighted by Gasteiger charge is -2.41. The minimum atomic E-state index is -3.30. The Morgan fingerprint density at radius 1 is 1.00 bits per heavy atom. The van der Waals surface area contributed by atoms with Gasteiger partial charge in [-0.15, -0.1) is 4.80 Å². The summed E-state index contributed by atoms with van der Waals surface area (Å²) in [4.78, 5) is 58.1. The number of hydrogen-bond donors (Lipinski definition) is 1. The molecule has 1 amide bonds. The highest BCUT2D eigenvalue weighted by Gasteiger charge is 2.49. The van der Waals surface area contributed by atoms with Crippen molar-refractivity contribution in [1.82, 2.24) is 29.0 Å². The second-order valence-electron chi connectivity index (χ2n) is 14.8. The number of aryl methyl sites for hydroxylation is 1. The van der Waals surface area contributed by atoms with Crippen molar-refractivity contribution in [3.05, 3.63) is 129 Å². The molecule has 6 aromatic rings. The van der Waals surface area contributed by atoms with Crippen LogP contribution in [0.2, 0.25) is 5.04 Å². The van der Waals surface area contributed by atoms with Crippen LogP contribution in [0, 0.1) is 12.7 Å². The van der Waals surface area contributed by atoms with Gasteiger partial charge in [-0.3, -0.25) is 14.2 Å². The van der Waals surface area contributed by atoms with Gasteiger partial charge in [-0.25, -0.2) is 13.8 Å². The standard InChI is InChI=1S/C41H45FN6O6SSi/c1-27-35-37(50)47(32-19-23-45(4)36(32)49)40(51)46(39(35)55-38(27)48-43-21-22-44-48)26-34(31-25-28(42)17-18-33(31)53-5)54-24-12-20-41(2,3)56(52,29-13-8-6-9-14-29)30-15-10-7-11-16-30/h6-11,13-18,21-22,25,32,34,52H,12,19-20,23-24,26H2,1-5H3/t32-,34-/m0/s1. The fourth-order valence-electron chi connectivity index (χ4n) is 7.93. The van der Waals surface area contributed by atoms with Gasteiger partial charge in [0, 0.05) is 31.3 Å². The molecule has 292 valence electrons. The van der Waals surface area contributed by atoms with E-state index >= 15 is 4.39 Å². The lowest BCUT2D eigenvalue weighted by Crippen LogP contribution is -2.65. The van der Waals surface area contributed by atoms with Crippen LogP contribution in [0.4, 0.5) is 4.39 Å². The number of nitrogens with zero attached hydrogens (tertiary/aromatic N) is 6. The van der Waals surface area contributed by atoms with Crippen molar-refractivity contribution in [1.29, 1.82) is 0 Å². The molecule has 3 aromatic heterocycles. The van der Waals surface area contributed by atoms with E-state index in [9.17, 15) is 19.2 Å². The molecule has 4 heterocycles. The Kier molecular flexibility index (Phi) is 11.0. The molecule has 0 bridgehead atoms. The van der Waals surface area contributed by atoms with Gasteiger partial charge in [-0.2, -0.15) is 10.2 Å². The summed E-state index contributed by atoms with van der Waals surface area (Å²) in [6.07, 6.45) is 3.52. The van der Waals surface area contributed by atoms with Crippen LogP contribution in [0.3, 0.4) is 0 Å². The van der Waals surface area contributed by atoms with Crippen molar-refractivity contribution in [2.45, 2.75) is 63.8 Å². The summed E-state index contributed by atoms with van der Waals surface area (Å²) in [7, 11) is -0.173. The van der Waals surface area contributed by atoms with Gasteiger partial charge in [-0.1, -0.05) is 85.8 Å². The lowest BCUT2D eigenvalue weighted by atomic mass is 10.1. The summed E-state index contributed by atoms with van der Waals surface area (Å²) < 4.78 is 29.8. The molecule has 0 unspecified atom stereocenters. The molecule has 1 fully saturated rings. The third-order valence-electron chi connectivity index (χ3n) is 11.0. The zero-order valence-corrected chi connectivity index (χ0v) is 33.8. The monoisotopic (exact) mass is 796 g/mol. The van der Waals surface area contributed by atoms with Gasteiger partial charge in [0.2, 0.25) is 5.91 Å². The highest BCUT2D eigenvalue weighted by atomic mass is 32.1. The van der Waals surface area contributed by atoms with Gasteiger partial charge >= 0.3 is 5.69 Å². The van der Waals surface area contributed by atoms with Crippen molar-refractivity contribution in [2.24, 2.45) is 0 Å². The number of likely N-dealkylation sites (N-methyl/N-ethyl adjacent to an activating group) is 1. The van der Waals surface area contributed by atoms with E-state index in [0.29, 0.717) is 52.5 Å². The van der Waals surface area contributed by atoms with E-state index in [1.54, 1.807) is 14.0 Å². The largest absolute Gasteiger partial charge is 0.496 e. The Bertz CT molecular complexity index is 2430. The molecule has 1 aliphatic rings. The topological polar surface area (TPSA) is 134 Å². The summed E-state index contributed by atoms with van der Waals surface area (Å²) in [5.74, 6) is -0.479.